The summed E-state index contributed by atoms with van der Waals surface area (Å²) in [6, 6.07) is 2.50. The number of thiophene rings is 1. The Morgan fingerprint density at radius 1 is 1.40 bits per heavy atom. The molecular weight excluding hydrogens is 280 g/mol. The van der Waals surface area contributed by atoms with E-state index in [9.17, 15) is 9.59 Å². The fourth-order valence-electron chi connectivity index (χ4n) is 1.66. The number of nitrogens with zero attached hydrogens (tertiary/aromatic N) is 1. The maximum absolute atomic E-state index is 11.4. The van der Waals surface area contributed by atoms with E-state index >= 15 is 0 Å². The van der Waals surface area contributed by atoms with Crippen molar-refractivity contribution in [2.45, 2.75) is 0 Å². The lowest BCUT2D eigenvalue weighted by atomic mass is 10.2. The number of primary amides is 2. The van der Waals surface area contributed by atoms with E-state index in [1.807, 2.05) is 0 Å². The fraction of sp³-hybridized carbons (Fsp3) is 0.0833. The van der Waals surface area contributed by atoms with Crippen LogP contribution in [0.5, 0.6) is 5.75 Å². The number of anilines is 1. The molecule has 0 saturated carbocycles. The van der Waals surface area contributed by atoms with Crippen molar-refractivity contribution in [1.82, 2.24) is 4.98 Å². The summed E-state index contributed by atoms with van der Waals surface area (Å²) in [5, 5.41) is 2.67. The topological polar surface area (TPSA) is 120 Å². The molecule has 20 heavy (non-hydrogen) atoms. The van der Waals surface area contributed by atoms with Gasteiger partial charge in [0.05, 0.1) is 18.2 Å². The number of aromatic nitrogens is 1. The molecular formula is C12H12N4O3S. The smallest absolute Gasteiger partial charge is 0.317 e. The number of carbonyl (C=O) groups is 2. The Kier molecular flexibility index (Phi) is 3.85. The molecule has 8 heteroatoms. The molecule has 0 aliphatic heterocycles. The zero-order chi connectivity index (χ0) is 14.7. The summed E-state index contributed by atoms with van der Waals surface area (Å²) in [6.07, 6.45) is 3.19. The van der Waals surface area contributed by atoms with E-state index in [4.69, 9.17) is 16.2 Å². The predicted octanol–water partition coefficient (Wildman–Crippen LogP) is 1.41. The summed E-state index contributed by atoms with van der Waals surface area (Å²) in [4.78, 5) is 27.0. The summed E-state index contributed by atoms with van der Waals surface area (Å²) in [5.41, 5.74) is 11.2. The van der Waals surface area contributed by atoms with Gasteiger partial charge >= 0.3 is 6.03 Å². The number of ether oxygens (including phenoxy) is 1. The Morgan fingerprint density at radius 2 is 2.15 bits per heavy atom. The van der Waals surface area contributed by atoms with E-state index in [1.165, 1.54) is 18.4 Å². The molecule has 2 aromatic heterocycles. The highest BCUT2D eigenvalue weighted by molar-refractivity contribution is 7.20. The minimum atomic E-state index is -0.765. The van der Waals surface area contributed by atoms with Crippen molar-refractivity contribution in [2.24, 2.45) is 11.5 Å². The van der Waals surface area contributed by atoms with Crippen molar-refractivity contribution < 1.29 is 14.3 Å². The lowest BCUT2D eigenvalue weighted by Gasteiger charge is -2.04. The van der Waals surface area contributed by atoms with Gasteiger partial charge in [-0.25, -0.2) is 4.79 Å². The molecule has 0 bridgehead atoms. The highest BCUT2D eigenvalue weighted by atomic mass is 32.1. The van der Waals surface area contributed by atoms with Crippen molar-refractivity contribution >= 4 is 28.3 Å². The minimum absolute atomic E-state index is 0.190. The first-order chi connectivity index (χ1) is 9.52. The highest BCUT2D eigenvalue weighted by Crippen LogP contribution is 2.38. The lowest BCUT2D eigenvalue weighted by molar-refractivity contribution is 0.100. The first-order valence-electron chi connectivity index (χ1n) is 5.51. The van der Waals surface area contributed by atoms with E-state index in [2.05, 4.69) is 10.3 Å². The maximum atomic E-state index is 11.4. The second kappa shape index (κ2) is 5.57. The summed E-state index contributed by atoms with van der Waals surface area (Å²) < 4.78 is 5.23. The van der Waals surface area contributed by atoms with E-state index in [0.717, 1.165) is 0 Å². The molecule has 2 rings (SSSR count). The van der Waals surface area contributed by atoms with E-state index < -0.39 is 11.9 Å². The van der Waals surface area contributed by atoms with Crippen LogP contribution in [0.1, 0.15) is 10.4 Å². The van der Waals surface area contributed by atoms with E-state index in [0.29, 0.717) is 21.2 Å². The summed E-state index contributed by atoms with van der Waals surface area (Å²) in [7, 11) is 1.53. The number of carbonyl (C=O) groups excluding carboxylic acids is 2. The summed E-state index contributed by atoms with van der Waals surface area (Å²) in [6.45, 7) is 0. The first-order valence-corrected chi connectivity index (χ1v) is 6.33. The van der Waals surface area contributed by atoms with Gasteiger partial charge in [0.25, 0.3) is 5.91 Å². The Balaban J connectivity index is 2.52. The summed E-state index contributed by atoms with van der Waals surface area (Å²) in [5.74, 6) is -0.0537. The van der Waals surface area contributed by atoms with Gasteiger partial charge in [-0.2, -0.15) is 0 Å². The second-order valence-corrected chi connectivity index (χ2v) is 4.84. The van der Waals surface area contributed by atoms with Gasteiger partial charge in [-0.15, -0.1) is 11.3 Å². The fourth-order valence-corrected chi connectivity index (χ4v) is 2.74. The van der Waals surface area contributed by atoms with Gasteiger partial charge in [-0.1, -0.05) is 0 Å². The van der Waals surface area contributed by atoms with Gasteiger partial charge in [-0.05, 0) is 12.1 Å². The third-order valence-electron chi connectivity index (χ3n) is 2.50. The van der Waals surface area contributed by atoms with Crippen LogP contribution in [0.2, 0.25) is 0 Å². The van der Waals surface area contributed by atoms with Crippen LogP contribution in [-0.2, 0) is 0 Å². The third-order valence-corrected chi connectivity index (χ3v) is 3.58. The number of hydrogen-bond acceptors (Lipinski definition) is 5. The molecule has 2 heterocycles. The van der Waals surface area contributed by atoms with Crippen molar-refractivity contribution in [3.05, 3.63) is 30.1 Å². The van der Waals surface area contributed by atoms with Crippen molar-refractivity contribution in [1.29, 1.82) is 0 Å². The largest absolute Gasteiger partial charge is 0.496 e. The average molecular weight is 292 g/mol. The number of nitrogens with one attached hydrogen (secondary N) is 1. The van der Waals surface area contributed by atoms with Crippen molar-refractivity contribution in [3.63, 3.8) is 0 Å². The molecule has 2 aromatic rings. The molecule has 7 nitrogen and oxygen atoms in total. The number of methoxy groups -OCH3 is 1. The SMILES string of the molecule is COc1ccncc1-c1cc(C(N)=O)c(NC(N)=O)s1. The quantitative estimate of drug-likeness (QED) is 0.788. The number of nitrogens with two attached hydrogens (primary N) is 2. The Morgan fingerprint density at radius 3 is 2.75 bits per heavy atom. The van der Waals surface area contributed by atoms with Crippen LogP contribution in [0.4, 0.5) is 9.80 Å². The molecule has 104 valence electrons. The molecule has 0 aliphatic carbocycles. The highest BCUT2D eigenvalue weighted by Gasteiger charge is 2.17. The lowest BCUT2D eigenvalue weighted by Crippen LogP contribution is -2.21. The van der Waals surface area contributed by atoms with Crippen LogP contribution < -0.4 is 21.5 Å². The maximum Gasteiger partial charge on any atom is 0.317 e. The molecule has 0 fully saturated rings. The number of hydrogen-bond donors (Lipinski definition) is 3. The molecule has 0 spiro atoms. The number of rotatable bonds is 4. The van der Waals surface area contributed by atoms with Crippen LogP contribution >= 0.6 is 11.3 Å². The van der Waals surface area contributed by atoms with Gasteiger partial charge < -0.3 is 16.2 Å². The van der Waals surface area contributed by atoms with Gasteiger partial charge in [0.2, 0.25) is 0 Å². The van der Waals surface area contributed by atoms with E-state index in [1.54, 1.807) is 24.5 Å². The number of urea groups is 1. The van der Waals surface area contributed by atoms with Crippen molar-refractivity contribution in [2.75, 3.05) is 12.4 Å². The van der Waals surface area contributed by atoms with Gasteiger partial charge in [0, 0.05) is 17.3 Å². The second-order valence-electron chi connectivity index (χ2n) is 3.78. The Bertz CT molecular complexity index is 668. The third kappa shape index (κ3) is 2.69. The predicted molar refractivity (Wildman–Crippen MR) is 75.8 cm³/mol. The Hall–Kier alpha value is -2.61. The molecule has 0 aliphatic rings. The molecule has 0 radical (unpaired) electrons. The molecule has 0 unspecified atom stereocenters. The van der Waals surface area contributed by atoms with E-state index in [-0.39, 0.29) is 5.56 Å². The normalized spacial score (nSPS) is 10.1. The number of pyridine rings is 1. The van der Waals surface area contributed by atoms with Crippen LogP contribution in [0.25, 0.3) is 10.4 Å². The first kappa shape index (κ1) is 13.8. The minimum Gasteiger partial charge on any atom is -0.496 e. The molecule has 0 aromatic carbocycles. The monoisotopic (exact) mass is 292 g/mol. The Labute approximate surface area is 118 Å². The zero-order valence-electron chi connectivity index (χ0n) is 10.5. The molecule has 0 atom stereocenters. The molecule has 5 N–H and O–H groups in total. The molecule has 0 saturated heterocycles. The standard InChI is InChI=1S/C12H12N4O3S/c1-19-8-2-3-15-5-7(8)9-4-6(10(13)17)11(20-9)16-12(14)18/h2-5H,1H3,(H2,13,17)(H3,14,16,18). The summed E-state index contributed by atoms with van der Waals surface area (Å²) >= 11 is 1.17. The van der Waals surface area contributed by atoms with Gasteiger partial charge in [0.1, 0.15) is 10.8 Å². The van der Waals surface area contributed by atoms with Gasteiger partial charge in [-0.3, -0.25) is 15.1 Å². The van der Waals surface area contributed by atoms with Crippen LogP contribution in [0, 0.1) is 0 Å². The van der Waals surface area contributed by atoms with Crippen LogP contribution in [0.15, 0.2) is 24.5 Å². The average Bonchev–Trinajstić information content (AvgIpc) is 2.81. The zero-order valence-corrected chi connectivity index (χ0v) is 11.4. The van der Waals surface area contributed by atoms with Crippen LogP contribution in [-0.4, -0.2) is 24.0 Å². The molecule has 3 amide bonds. The van der Waals surface area contributed by atoms with Crippen molar-refractivity contribution in [3.8, 4) is 16.2 Å². The van der Waals surface area contributed by atoms with Crippen LogP contribution in [0.3, 0.4) is 0 Å². The number of amides is 3. The van der Waals surface area contributed by atoms with Gasteiger partial charge in [0.15, 0.2) is 0 Å².